The van der Waals surface area contributed by atoms with Crippen molar-refractivity contribution >= 4 is 0 Å². The lowest BCUT2D eigenvalue weighted by Crippen LogP contribution is -2.20. The molecule has 2 rings (SSSR count). The van der Waals surface area contributed by atoms with Crippen molar-refractivity contribution in [3.63, 3.8) is 0 Å². The molecule has 0 aliphatic heterocycles. The lowest BCUT2D eigenvalue weighted by atomic mass is 10.0. The molecule has 1 aromatic carbocycles. The van der Waals surface area contributed by atoms with Gasteiger partial charge in [-0.15, -0.1) is 0 Å². The van der Waals surface area contributed by atoms with Crippen LogP contribution in [0.5, 0.6) is 5.75 Å². The zero-order chi connectivity index (χ0) is 12.8. The second kappa shape index (κ2) is 6.16. The molecule has 1 unspecified atom stereocenters. The lowest BCUT2D eigenvalue weighted by molar-refractivity contribution is 0.414. The Morgan fingerprint density at radius 1 is 1.33 bits per heavy atom. The van der Waals surface area contributed by atoms with Crippen LogP contribution in [0.2, 0.25) is 0 Å². The summed E-state index contributed by atoms with van der Waals surface area (Å²) in [5, 5.41) is 10.1. The van der Waals surface area contributed by atoms with E-state index in [0.717, 1.165) is 18.0 Å². The molecular weight excluding hydrogens is 228 g/mol. The normalized spacial score (nSPS) is 12.3. The Morgan fingerprint density at radius 3 is 2.67 bits per heavy atom. The predicted molar refractivity (Wildman–Crippen MR) is 69.2 cm³/mol. The average molecular weight is 246 g/mol. The van der Waals surface area contributed by atoms with Gasteiger partial charge in [-0.25, -0.2) is 4.98 Å². The Labute approximate surface area is 107 Å². The molecule has 18 heavy (non-hydrogen) atoms. The van der Waals surface area contributed by atoms with Crippen molar-refractivity contribution in [2.24, 2.45) is 0 Å². The van der Waals surface area contributed by atoms with E-state index in [9.17, 15) is 0 Å². The Balaban J connectivity index is 1.98. The van der Waals surface area contributed by atoms with Crippen LogP contribution in [0.3, 0.4) is 0 Å². The largest absolute Gasteiger partial charge is 0.497 e. The molecule has 0 amide bonds. The van der Waals surface area contributed by atoms with Crippen molar-refractivity contribution in [3.05, 3.63) is 42.0 Å². The average Bonchev–Trinajstić information content (AvgIpc) is 2.93. The van der Waals surface area contributed by atoms with Gasteiger partial charge >= 0.3 is 0 Å². The number of nitrogens with zero attached hydrogens (tertiary/aromatic N) is 2. The first-order valence-corrected chi connectivity index (χ1v) is 6.05. The molecule has 0 radical (unpaired) electrons. The molecule has 2 N–H and O–H groups in total. The van der Waals surface area contributed by atoms with E-state index in [2.05, 4.69) is 39.6 Å². The van der Waals surface area contributed by atoms with Crippen LogP contribution in [-0.2, 0) is 6.54 Å². The number of hydrogen-bond donors (Lipinski definition) is 2. The van der Waals surface area contributed by atoms with E-state index < -0.39 is 0 Å². The second-order valence-electron chi connectivity index (χ2n) is 4.05. The number of H-pyrrole nitrogens is 1. The number of rotatable bonds is 6. The Kier molecular flexibility index (Phi) is 4.30. The van der Waals surface area contributed by atoms with Crippen LogP contribution in [0.4, 0.5) is 0 Å². The number of hydrogen-bond acceptors (Lipinski definition) is 4. The van der Waals surface area contributed by atoms with Gasteiger partial charge in [0.15, 0.2) is 0 Å². The Bertz CT molecular complexity index is 452. The summed E-state index contributed by atoms with van der Waals surface area (Å²) in [5.41, 5.74) is 1.25. The maximum absolute atomic E-state index is 5.16. The first-order valence-electron chi connectivity index (χ1n) is 6.05. The molecular formula is C13H18N4O. The van der Waals surface area contributed by atoms with Gasteiger partial charge in [0.05, 0.1) is 13.7 Å². The number of aromatic nitrogens is 3. The van der Waals surface area contributed by atoms with Crippen LogP contribution in [0, 0.1) is 0 Å². The molecule has 0 saturated carbocycles. The van der Waals surface area contributed by atoms with Crippen molar-refractivity contribution in [3.8, 4) is 5.75 Å². The first kappa shape index (κ1) is 12.6. The minimum Gasteiger partial charge on any atom is -0.497 e. The summed E-state index contributed by atoms with van der Waals surface area (Å²) in [6.07, 6.45) is 2.53. The zero-order valence-electron chi connectivity index (χ0n) is 10.7. The van der Waals surface area contributed by atoms with Crippen molar-refractivity contribution in [2.45, 2.75) is 25.9 Å². The molecule has 0 spiro atoms. The summed E-state index contributed by atoms with van der Waals surface area (Å²) in [7, 11) is 1.68. The van der Waals surface area contributed by atoms with Crippen LogP contribution in [0.25, 0.3) is 0 Å². The summed E-state index contributed by atoms with van der Waals surface area (Å²) in [6, 6.07) is 8.43. The summed E-state index contributed by atoms with van der Waals surface area (Å²) in [6.45, 7) is 2.84. The number of nitrogens with one attached hydrogen (secondary N) is 2. The summed E-state index contributed by atoms with van der Waals surface area (Å²) < 4.78 is 5.16. The fraction of sp³-hybridized carbons (Fsp3) is 0.385. The van der Waals surface area contributed by atoms with Crippen LogP contribution < -0.4 is 10.1 Å². The van der Waals surface area contributed by atoms with Gasteiger partial charge in [-0.1, -0.05) is 19.1 Å². The molecule has 1 heterocycles. The fourth-order valence-corrected chi connectivity index (χ4v) is 1.87. The minimum absolute atomic E-state index is 0.306. The molecule has 1 atom stereocenters. The highest BCUT2D eigenvalue weighted by molar-refractivity contribution is 5.29. The van der Waals surface area contributed by atoms with E-state index in [1.54, 1.807) is 7.11 Å². The number of benzene rings is 1. The fourth-order valence-electron chi connectivity index (χ4n) is 1.87. The van der Waals surface area contributed by atoms with Gasteiger partial charge in [0.2, 0.25) is 0 Å². The number of ether oxygens (including phenoxy) is 1. The van der Waals surface area contributed by atoms with E-state index in [1.165, 1.54) is 11.9 Å². The quantitative estimate of drug-likeness (QED) is 0.819. The Hall–Kier alpha value is -1.88. The van der Waals surface area contributed by atoms with Gasteiger partial charge in [-0.05, 0) is 24.1 Å². The first-order chi connectivity index (χ1) is 8.83. The maximum atomic E-state index is 5.16. The molecule has 0 bridgehead atoms. The molecule has 0 saturated heterocycles. The van der Waals surface area contributed by atoms with E-state index >= 15 is 0 Å². The molecule has 5 nitrogen and oxygen atoms in total. The number of aromatic amines is 1. The summed E-state index contributed by atoms with van der Waals surface area (Å²) >= 11 is 0. The second-order valence-corrected chi connectivity index (χ2v) is 4.05. The van der Waals surface area contributed by atoms with Crippen LogP contribution >= 0.6 is 0 Å². The van der Waals surface area contributed by atoms with E-state index in [-0.39, 0.29) is 0 Å². The zero-order valence-corrected chi connectivity index (χ0v) is 10.7. The van der Waals surface area contributed by atoms with Crippen LogP contribution in [-0.4, -0.2) is 22.3 Å². The molecule has 1 aromatic heterocycles. The third-order valence-electron chi connectivity index (χ3n) is 2.91. The third-order valence-corrected chi connectivity index (χ3v) is 2.91. The summed E-state index contributed by atoms with van der Waals surface area (Å²) in [5.74, 6) is 1.73. The molecule has 5 heteroatoms. The van der Waals surface area contributed by atoms with Gasteiger partial charge in [0.1, 0.15) is 17.9 Å². The summed E-state index contributed by atoms with van der Waals surface area (Å²) in [4.78, 5) is 4.09. The molecule has 0 aliphatic carbocycles. The lowest BCUT2D eigenvalue weighted by Gasteiger charge is -2.16. The highest BCUT2D eigenvalue weighted by Gasteiger charge is 2.09. The minimum atomic E-state index is 0.306. The van der Waals surface area contributed by atoms with Gasteiger partial charge in [0, 0.05) is 6.04 Å². The topological polar surface area (TPSA) is 62.8 Å². The highest BCUT2D eigenvalue weighted by Crippen LogP contribution is 2.20. The van der Waals surface area contributed by atoms with Gasteiger partial charge in [0.25, 0.3) is 0 Å². The van der Waals surface area contributed by atoms with Gasteiger partial charge in [-0.2, -0.15) is 5.10 Å². The SMILES string of the molecule is CCC(NCc1ncn[nH]1)c1ccc(OC)cc1. The van der Waals surface area contributed by atoms with E-state index in [1.807, 2.05) is 12.1 Å². The predicted octanol–water partition coefficient (Wildman–Crippen LogP) is 2.05. The van der Waals surface area contributed by atoms with Crippen molar-refractivity contribution in [1.29, 1.82) is 0 Å². The maximum Gasteiger partial charge on any atom is 0.138 e. The third kappa shape index (κ3) is 3.07. The van der Waals surface area contributed by atoms with E-state index in [0.29, 0.717) is 12.6 Å². The standard InChI is InChI=1S/C13H18N4O/c1-3-12(14-8-13-15-9-16-17-13)10-4-6-11(18-2)7-5-10/h4-7,9,12,14H,3,8H2,1-2H3,(H,15,16,17). The Morgan fingerprint density at radius 2 is 2.11 bits per heavy atom. The van der Waals surface area contributed by atoms with Crippen LogP contribution in [0.15, 0.2) is 30.6 Å². The van der Waals surface area contributed by atoms with Gasteiger partial charge in [-0.3, -0.25) is 5.10 Å². The van der Waals surface area contributed by atoms with E-state index in [4.69, 9.17) is 4.74 Å². The smallest absolute Gasteiger partial charge is 0.138 e. The molecule has 96 valence electrons. The highest BCUT2D eigenvalue weighted by atomic mass is 16.5. The van der Waals surface area contributed by atoms with Crippen molar-refractivity contribution < 1.29 is 4.74 Å². The van der Waals surface area contributed by atoms with Crippen molar-refractivity contribution in [2.75, 3.05) is 7.11 Å². The van der Waals surface area contributed by atoms with Crippen LogP contribution in [0.1, 0.15) is 30.8 Å². The molecule has 2 aromatic rings. The van der Waals surface area contributed by atoms with Gasteiger partial charge < -0.3 is 10.1 Å². The molecule has 0 fully saturated rings. The van der Waals surface area contributed by atoms with Crippen molar-refractivity contribution in [1.82, 2.24) is 20.5 Å². The number of methoxy groups -OCH3 is 1. The molecule has 0 aliphatic rings. The monoisotopic (exact) mass is 246 g/mol.